The number of rotatable bonds is 10. The number of benzene rings is 2. The number of aliphatic hydroxyl groups excluding tert-OH is 1. The van der Waals surface area contributed by atoms with Crippen molar-refractivity contribution in [2.75, 3.05) is 6.54 Å². The molecule has 0 saturated heterocycles. The summed E-state index contributed by atoms with van der Waals surface area (Å²) in [5.41, 5.74) is 6.71. The van der Waals surface area contributed by atoms with E-state index < -0.39 is 27.1 Å². The van der Waals surface area contributed by atoms with Crippen LogP contribution in [0.3, 0.4) is 0 Å². The third-order valence-corrected chi connectivity index (χ3v) is 6.93. The average Bonchev–Trinajstić information content (AvgIpc) is 3.27. The summed E-state index contributed by atoms with van der Waals surface area (Å²) in [5, 5.41) is 21.7. The zero-order valence-electron chi connectivity index (χ0n) is 17.0. The first kappa shape index (κ1) is 23.3. The van der Waals surface area contributed by atoms with Crippen LogP contribution in [0.2, 0.25) is 0 Å². The number of nitro groups is 1. The normalized spacial score (nSPS) is 17.0. The third kappa shape index (κ3) is 6.08. The van der Waals surface area contributed by atoms with Crippen LogP contribution >= 0.6 is 0 Å². The maximum Gasteiger partial charge on any atom is 0.270 e. The molecule has 10 heteroatoms. The van der Waals surface area contributed by atoms with Crippen molar-refractivity contribution in [2.24, 2.45) is 5.73 Å². The van der Waals surface area contributed by atoms with Crippen molar-refractivity contribution in [1.29, 1.82) is 0 Å². The summed E-state index contributed by atoms with van der Waals surface area (Å²) in [6.07, 6.45) is 2.11. The fourth-order valence-electron chi connectivity index (χ4n) is 3.54. The summed E-state index contributed by atoms with van der Waals surface area (Å²) in [4.78, 5) is 15.9. The standard InChI is InChI=1S/C21H27N3O6S/c22-20(13-16-7-2-1-3-8-16)21(25)15-23(30-18-10-4-5-11-18)31(28,29)19-12-6-9-17(14-19)24(26)27/h1-3,6-9,12,14,18,20-21,25H,4-5,10-11,13,15,22H2/t20-,21?/m0/s1. The Morgan fingerprint density at radius 2 is 1.84 bits per heavy atom. The Kier molecular flexibility index (Phi) is 7.74. The zero-order chi connectivity index (χ0) is 22.4. The Bertz CT molecular complexity index is 980. The minimum Gasteiger partial charge on any atom is -0.390 e. The topological polar surface area (TPSA) is 136 Å². The SMILES string of the molecule is N[C@@H](Cc1ccccc1)C(O)CN(OC1CCCC1)S(=O)(=O)c1cccc([N+](=O)[O-])c1. The largest absolute Gasteiger partial charge is 0.390 e. The number of hydrogen-bond donors (Lipinski definition) is 2. The molecule has 1 aliphatic carbocycles. The van der Waals surface area contributed by atoms with Gasteiger partial charge in [-0.3, -0.25) is 15.0 Å². The van der Waals surface area contributed by atoms with Crippen molar-refractivity contribution in [3.05, 3.63) is 70.3 Å². The van der Waals surface area contributed by atoms with Gasteiger partial charge in [-0.2, -0.15) is 0 Å². The van der Waals surface area contributed by atoms with Crippen molar-refractivity contribution < 1.29 is 23.3 Å². The van der Waals surface area contributed by atoms with E-state index in [2.05, 4.69) is 0 Å². The molecule has 2 aromatic rings. The fraction of sp³-hybridized carbons (Fsp3) is 0.429. The van der Waals surface area contributed by atoms with Gasteiger partial charge >= 0.3 is 0 Å². The fourth-order valence-corrected chi connectivity index (χ4v) is 4.88. The van der Waals surface area contributed by atoms with E-state index in [4.69, 9.17) is 10.6 Å². The van der Waals surface area contributed by atoms with Gasteiger partial charge < -0.3 is 10.8 Å². The Hall–Kier alpha value is -2.37. The Labute approximate surface area is 181 Å². The van der Waals surface area contributed by atoms with Crippen LogP contribution in [0.1, 0.15) is 31.2 Å². The Balaban J connectivity index is 1.81. The van der Waals surface area contributed by atoms with Crippen molar-refractivity contribution in [3.8, 4) is 0 Å². The molecule has 1 aliphatic rings. The lowest BCUT2D eigenvalue weighted by Gasteiger charge is -2.28. The highest BCUT2D eigenvalue weighted by Crippen LogP contribution is 2.27. The lowest BCUT2D eigenvalue weighted by molar-refractivity contribution is -0.385. The smallest absolute Gasteiger partial charge is 0.270 e. The number of nitrogens with zero attached hydrogens (tertiary/aromatic N) is 2. The van der Waals surface area contributed by atoms with E-state index in [9.17, 15) is 23.6 Å². The molecule has 9 nitrogen and oxygen atoms in total. The Morgan fingerprint density at radius 1 is 1.16 bits per heavy atom. The molecule has 1 fully saturated rings. The lowest BCUT2D eigenvalue weighted by Crippen LogP contribution is -2.47. The lowest BCUT2D eigenvalue weighted by atomic mass is 10.0. The summed E-state index contributed by atoms with van der Waals surface area (Å²) < 4.78 is 27.2. The number of aliphatic hydroxyl groups is 1. The second-order valence-electron chi connectivity index (χ2n) is 7.68. The summed E-state index contributed by atoms with van der Waals surface area (Å²) >= 11 is 0. The van der Waals surface area contributed by atoms with Crippen LogP contribution in [0.25, 0.3) is 0 Å². The highest BCUT2D eigenvalue weighted by Gasteiger charge is 2.33. The van der Waals surface area contributed by atoms with Gasteiger partial charge in [-0.15, -0.1) is 0 Å². The molecular formula is C21H27N3O6S. The highest BCUT2D eigenvalue weighted by atomic mass is 32.2. The minimum atomic E-state index is -4.25. The van der Waals surface area contributed by atoms with Crippen LogP contribution in [0.15, 0.2) is 59.5 Å². The number of hydroxylamine groups is 1. The first-order valence-corrected chi connectivity index (χ1v) is 11.6. The van der Waals surface area contributed by atoms with E-state index in [0.717, 1.165) is 28.9 Å². The van der Waals surface area contributed by atoms with E-state index in [-0.39, 0.29) is 23.2 Å². The molecule has 0 heterocycles. The maximum atomic E-state index is 13.2. The van der Waals surface area contributed by atoms with E-state index in [0.29, 0.717) is 19.3 Å². The van der Waals surface area contributed by atoms with Gasteiger partial charge in [-0.05, 0) is 30.9 Å². The van der Waals surface area contributed by atoms with Crippen molar-refractivity contribution in [3.63, 3.8) is 0 Å². The first-order chi connectivity index (χ1) is 14.8. The zero-order valence-corrected chi connectivity index (χ0v) is 17.9. The van der Waals surface area contributed by atoms with Gasteiger partial charge in [-0.1, -0.05) is 53.7 Å². The van der Waals surface area contributed by atoms with Gasteiger partial charge in [0.05, 0.1) is 28.6 Å². The third-order valence-electron chi connectivity index (χ3n) is 5.31. The number of sulfonamides is 1. The van der Waals surface area contributed by atoms with Crippen LogP contribution < -0.4 is 5.73 Å². The summed E-state index contributed by atoms with van der Waals surface area (Å²) in [6, 6.07) is 13.4. The number of nitro benzene ring substituents is 1. The molecule has 0 aromatic heterocycles. The predicted octanol–water partition coefficient (Wildman–Crippen LogP) is 2.39. The van der Waals surface area contributed by atoms with E-state index in [1.54, 1.807) is 0 Å². The molecule has 0 bridgehead atoms. The summed E-state index contributed by atoms with van der Waals surface area (Å²) in [6.45, 7) is -0.379. The Morgan fingerprint density at radius 3 is 2.48 bits per heavy atom. The molecular weight excluding hydrogens is 422 g/mol. The highest BCUT2D eigenvalue weighted by molar-refractivity contribution is 7.89. The molecule has 168 valence electrons. The summed E-state index contributed by atoms with van der Waals surface area (Å²) in [5.74, 6) is 0. The molecule has 2 aromatic carbocycles. The molecule has 1 unspecified atom stereocenters. The maximum absolute atomic E-state index is 13.2. The van der Waals surface area contributed by atoms with Gasteiger partial charge in [0.15, 0.2) is 0 Å². The van der Waals surface area contributed by atoms with Gasteiger partial charge in [0, 0.05) is 18.2 Å². The number of nitrogens with two attached hydrogens (primary N) is 1. The monoisotopic (exact) mass is 449 g/mol. The number of non-ortho nitro benzene ring substituents is 1. The predicted molar refractivity (Wildman–Crippen MR) is 114 cm³/mol. The van der Waals surface area contributed by atoms with Gasteiger partial charge in [0.1, 0.15) is 0 Å². The molecule has 3 rings (SSSR count). The van der Waals surface area contributed by atoms with Crippen LogP contribution in [-0.2, 0) is 21.3 Å². The minimum absolute atomic E-state index is 0.275. The summed E-state index contributed by atoms with van der Waals surface area (Å²) in [7, 11) is -4.25. The molecule has 0 amide bonds. The van der Waals surface area contributed by atoms with E-state index in [1.165, 1.54) is 18.2 Å². The molecule has 0 spiro atoms. The van der Waals surface area contributed by atoms with Crippen molar-refractivity contribution >= 4 is 15.7 Å². The average molecular weight is 450 g/mol. The second kappa shape index (κ2) is 10.3. The molecule has 0 radical (unpaired) electrons. The molecule has 31 heavy (non-hydrogen) atoms. The van der Waals surface area contributed by atoms with Gasteiger partial charge in [0.25, 0.3) is 15.7 Å². The van der Waals surface area contributed by atoms with E-state index >= 15 is 0 Å². The van der Waals surface area contributed by atoms with Crippen LogP contribution in [0.5, 0.6) is 0 Å². The quantitative estimate of drug-likeness (QED) is 0.420. The first-order valence-electron chi connectivity index (χ1n) is 10.2. The second-order valence-corrected chi connectivity index (χ2v) is 9.51. The molecule has 1 saturated carbocycles. The molecule has 0 aliphatic heterocycles. The van der Waals surface area contributed by atoms with Gasteiger partial charge in [-0.25, -0.2) is 8.42 Å². The van der Waals surface area contributed by atoms with Crippen LogP contribution in [-0.4, -0.2) is 47.7 Å². The van der Waals surface area contributed by atoms with Crippen molar-refractivity contribution in [2.45, 2.75) is 55.2 Å². The molecule has 3 N–H and O–H groups in total. The van der Waals surface area contributed by atoms with Crippen LogP contribution in [0, 0.1) is 10.1 Å². The number of hydrogen-bond acceptors (Lipinski definition) is 7. The van der Waals surface area contributed by atoms with E-state index in [1.807, 2.05) is 30.3 Å². The van der Waals surface area contributed by atoms with Gasteiger partial charge in [0.2, 0.25) is 0 Å². The van der Waals surface area contributed by atoms with Crippen LogP contribution in [0.4, 0.5) is 5.69 Å². The van der Waals surface area contributed by atoms with Crippen molar-refractivity contribution in [1.82, 2.24) is 4.47 Å². The molecule has 2 atom stereocenters.